The highest BCUT2D eigenvalue weighted by molar-refractivity contribution is 5.79. The first-order valence-corrected chi connectivity index (χ1v) is 8.21. The lowest BCUT2D eigenvalue weighted by atomic mass is 10.1. The Hall–Kier alpha value is -1.59. The van der Waals surface area contributed by atoms with Crippen LogP contribution in [-0.4, -0.2) is 57.3 Å². The monoisotopic (exact) mass is 322 g/mol. The second-order valence-corrected chi connectivity index (χ2v) is 5.95. The predicted octanol–water partition coefficient (Wildman–Crippen LogP) is 2.10. The number of carbonyl (C=O) groups excluding carboxylic acids is 1. The third-order valence-electron chi connectivity index (χ3n) is 3.40. The molecule has 5 nitrogen and oxygen atoms in total. The summed E-state index contributed by atoms with van der Waals surface area (Å²) in [5, 5.41) is 2.97. The van der Waals surface area contributed by atoms with Gasteiger partial charge in [-0.3, -0.25) is 4.79 Å². The van der Waals surface area contributed by atoms with E-state index in [1.165, 1.54) is 0 Å². The first-order chi connectivity index (χ1) is 11.0. The maximum absolute atomic E-state index is 12.1. The summed E-state index contributed by atoms with van der Waals surface area (Å²) < 4.78 is 10.8. The van der Waals surface area contributed by atoms with Crippen molar-refractivity contribution in [1.29, 1.82) is 0 Å². The van der Waals surface area contributed by atoms with Gasteiger partial charge >= 0.3 is 0 Å². The van der Waals surface area contributed by atoms with E-state index in [9.17, 15) is 4.79 Å². The van der Waals surface area contributed by atoms with Crippen molar-refractivity contribution in [2.75, 3.05) is 40.4 Å². The van der Waals surface area contributed by atoms with E-state index in [1.807, 2.05) is 38.1 Å². The maximum atomic E-state index is 12.1. The van der Waals surface area contributed by atoms with Crippen LogP contribution in [0.5, 0.6) is 5.75 Å². The fourth-order valence-electron chi connectivity index (χ4n) is 2.19. The molecule has 0 saturated carbocycles. The third kappa shape index (κ3) is 8.57. The van der Waals surface area contributed by atoms with E-state index in [0.717, 1.165) is 37.4 Å². The molecule has 0 spiro atoms. The number of likely N-dealkylation sites (N-methyl/N-ethyl adjacent to an activating group) is 1. The van der Waals surface area contributed by atoms with Gasteiger partial charge in [0.1, 0.15) is 5.75 Å². The van der Waals surface area contributed by atoms with Crippen molar-refractivity contribution in [3.63, 3.8) is 0 Å². The number of hydrogen-bond donors (Lipinski definition) is 1. The van der Waals surface area contributed by atoms with Crippen LogP contribution in [0.2, 0.25) is 0 Å². The Kier molecular flexibility index (Phi) is 9.33. The van der Waals surface area contributed by atoms with Gasteiger partial charge in [0.15, 0.2) is 0 Å². The van der Waals surface area contributed by atoms with E-state index in [-0.39, 0.29) is 12.0 Å². The van der Waals surface area contributed by atoms with Crippen molar-refractivity contribution in [3.05, 3.63) is 29.8 Å². The summed E-state index contributed by atoms with van der Waals surface area (Å²) in [6, 6.07) is 7.71. The summed E-state index contributed by atoms with van der Waals surface area (Å²) >= 11 is 0. The zero-order chi connectivity index (χ0) is 17.1. The number of methoxy groups -OCH3 is 1. The van der Waals surface area contributed by atoms with Crippen molar-refractivity contribution < 1.29 is 14.3 Å². The second-order valence-electron chi connectivity index (χ2n) is 5.95. The molecule has 5 heteroatoms. The van der Waals surface area contributed by atoms with Crippen LogP contribution in [0.1, 0.15) is 25.8 Å². The van der Waals surface area contributed by atoms with E-state index >= 15 is 0 Å². The molecule has 0 aliphatic heterocycles. The molecular formula is C18H30N2O3. The minimum atomic E-state index is 0.0318. The first-order valence-electron chi connectivity index (χ1n) is 8.21. The van der Waals surface area contributed by atoms with Crippen LogP contribution in [-0.2, 0) is 16.0 Å². The van der Waals surface area contributed by atoms with Gasteiger partial charge in [-0.05, 0) is 39.9 Å². The number of ether oxygens (including phenoxy) is 2. The van der Waals surface area contributed by atoms with Crippen LogP contribution in [0.3, 0.4) is 0 Å². The molecule has 0 unspecified atom stereocenters. The first kappa shape index (κ1) is 19.5. The van der Waals surface area contributed by atoms with Crippen LogP contribution in [0.4, 0.5) is 0 Å². The van der Waals surface area contributed by atoms with Gasteiger partial charge < -0.3 is 19.7 Å². The van der Waals surface area contributed by atoms with Gasteiger partial charge in [0.2, 0.25) is 5.91 Å². The lowest BCUT2D eigenvalue weighted by Crippen LogP contribution is -2.30. The summed E-state index contributed by atoms with van der Waals surface area (Å²) in [5.41, 5.74) is 0.927. The van der Waals surface area contributed by atoms with E-state index in [2.05, 4.69) is 17.3 Å². The third-order valence-corrected chi connectivity index (χ3v) is 3.40. The molecule has 0 aliphatic rings. The van der Waals surface area contributed by atoms with Crippen molar-refractivity contribution in [1.82, 2.24) is 10.2 Å². The fraction of sp³-hybridized carbons (Fsp3) is 0.611. The standard InChI is InChI=1S/C18H30N2O3/c1-15(2)23-17-9-6-5-8-16(17)14-18(21)19-10-7-11-20(3)12-13-22-4/h5-6,8-9,15H,7,10-14H2,1-4H3,(H,19,21). The van der Waals surface area contributed by atoms with Crippen LogP contribution in [0, 0.1) is 0 Å². The summed E-state index contributed by atoms with van der Waals surface area (Å²) in [6.45, 7) is 7.23. The summed E-state index contributed by atoms with van der Waals surface area (Å²) in [7, 11) is 3.76. The molecule has 0 heterocycles. The molecule has 0 aromatic heterocycles. The van der Waals surface area contributed by atoms with Crippen LogP contribution in [0.15, 0.2) is 24.3 Å². The molecule has 1 aromatic rings. The van der Waals surface area contributed by atoms with Gasteiger partial charge in [-0.15, -0.1) is 0 Å². The fourth-order valence-corrected chi connectivity index (χ4v) is 2.19. The minimum absolute atomic E-state index is 0.0318. The molecule has 0 bridgehead atoms. The van der Waals surface area contributed by atoms with Gasteiger partial charge in [0.25, 0.3) is 0 Å². The molecule has 0 atom stereocenters. The van der Waals surface area contributed by atoms with Gasteiger partial charge in [0, 0.05) is 25.8 Å². The Labute approximate surface area is 140 Å². The lowest BCUT2D eigenvalue weighted by Gasteiger charge is -2.16. The number of rotatable bonds is 11. The van der Waals surface area contributed by atoms with Crippen LogP contribution >= 0.6 is 0 Å². The van der Waals surface area contributed by atoms with Crippen LogP contribution in [0.25, 0.3) is 0 Å². The van der Waals surface area contributed by atoms with Crippen molar-refractivity contribution in [2.24, 2.45) is 0 Å². The van der Waals surface area contributed by atoms with E-state index in [1.54, 1.807) is 7.11 Å². The predicted molar refractivity (Wildman–Crippen MR) is 92.9 cm³/mol. The van der Waals surface area contributed by atoms with Crippen molar-refractivity contribution in [3.8, 4) is 5.75 Å². The highest BCUT2D eigenvalue weighted by atomic mass is 16.5. The molecule has 0 radical (unpaired) electrons. The minimum Gasteiger partial charge on any atom is -0.491 e. The Morgan fingerprint density at radius 1 is 1.26 bits per heavy atom. The quantitative estimate of drug-likeness (QED) is 0.634. The Morgan fingerprint density at radius 2 is 2.00 bits per heavy atom. The zero-order valence-corrected chi connectivity index (χ0v) is 14.8. The molecular weight excluding hydrogens is 292 g/mol. The zero-order valence-electron chi connectivity index (χ0n) is 14.8. The average Bonchev–Trinajstić information content (AvgIpc) is 2.51. The molecule has 1 rings (SSSR count). The van der Waals surface area contributed by atoms with Crippen molar-refractivity contribution in [2.45, 2.75) is 32.8 Å². The van der Waals surface area contributed by atoms with Crippen LogP contribution < -0.4 is 10.1 Å². The largest absolute Gasteiger partial charge is 0.491 e. The number of amides is 1. The normalized spacial score (nSPS) is 11.0. The number of nitrogens with zero attached hydrogens (tertiary/aromatic N) is 1. The lowest BCUT2D eigenvalue weighted by molar-refractivity contribution is -0.120. The van der Waals surface area contributed by atoms with E-state index in [0.29, 0.717) is 13.0 Å². The summed E-state index contributed by atoms with van der Waals surface area (Å²) in [5.74, 6) is 0.821. The molecule has 23 heavy (non-hydrogen) atoms. The number of hydrogen-bond acceptors (Lipinski definition) is 4. The second kappa shape index (κ2) is 11.0. The van der Waals surface area contributed by atoms with E-state index in [4.69, 9.17) is 9.47 Å². The van der Waals surface area contributed by atoms with Gasteiger partial charge in [-0.25, -0.2) is 0 Å². The molecule has 1 amide bonds. The number of nitrogens with one attached hydrogen (secondary N) is 1. The number of para-hydroxylation sites is 1. The molecule has 130 valence electrons. The molecule has 0 aliphatic carbocycles. The van der Waals surface area contributed by atoms with Gasteiger partial charge in [-0.2, -0.15) is 0 Å². The molecule has 1 N–H and O–H groups in total. The summed E-state index contributed by atoms with van der Waals surface area (Å²) in [6.07, 6.45) is 1.38. The highest BCUT2D eigenvalue weighted by Gasteiger charge is 2.09. The highest BCUT2D eigenvalue weighted by Crippen LogP contribution is 2.19. The Balaban J connectivity index is 2.31. The molecule has 0 saturated heterocycles. The average molecular weight is 322 g/mol. The topological polar surface area (TPSA) is 50.8 Å². The van der Waals surface area contributed by atoms with Gasteiger partial charge in [-0.1, -0.05) is 18.2 Å². The smallest absolute Gasteiger partial charge is 0.224 e. The van der Waals surface area contributed by atoms with E-state index < -0.39 is 0 Å². The Morgan fingerprint density at radius 3 is 2.70 bits per heavy atom. The van der Waals surface area contributed by atoms with Gasteiger partial charge in [0.05, 0.1) is 19.1 Å². The van der Waals surface area contributed by atoms with Crippen molar-refractivity contribution >= 4 is 5.91 Å². The molecule has 0 fully saturated rings. The molecule has 1 aromatic carbocycles. The summed E-state index contributed by atoms with van der Waals surface area (Å²) in [4.78, 5) is 14.3. The number of carbonyl (C=O) groups is 1. The Bertz CT molecular complexity index is 463. The SMILES string of the molecule is COCCN(C)CCCNC(=O)Cc1ccccc1OC(C)C. The maximum Gasteiger partial charge on any atom is 0.224 e. The number of benzene rings is 1.